The molecule has 1 atom stereocenters. The van der Waals surface area contributed by atoms with Crippen molar-refractivity contribution in [1.29, 1.82) is 0 Å². The fraction of sp³-hybridized carbons (Fsp3) is 0.556. The number of aromatic nitrogens is 2. The molecule has 64 valence electrons. The molecule has 0 aromatic carbocycles. The van der Waals surface area contributed by atoms with Gasteiger partial charge in [0.2, 0.25) is 0 Å². The molecule has 0 saturated carbocycles. The van der Waals surface area contributed by atoms with Crippen molar-refractivity contribution >= 4 is 0 Å². The maximum absolute atomic E-state index is 6.10. The summed E-state index contributed by atoms with van der Waals surface area (Å²) in [5.41, 5.74) is 8.11. The van der Waals surface area contributed by atoms with Crippen LogP contribution in [0.25, 0.3) is 0 Å². The largest absolute Gasteiger partial charge is 0.320 e. The van der Waals surface area contributed by atoms with Gasteiger partial charge in [0.05, 0.1) is 11.2 Å². The molecule has 0 amide bonds. The number of hydrogen-bond donors (Lipinski definition) is 1. The van der Waals surface area contributed by atoms with Crippen molar-refractivity contribution in [3.05, 3.63) is 23.8 Å². The van der Waals surface area contributed by atoms with E-state index >= 15 is 0 Å². The molecule has 2 N–H and O–H groups in total. The lowest BCUT2D eigenvalue weighted by Crippen LogP contribution is -2.37. The summed E-state index contributed by atoms with van der Waals surface area (Å²) in [6, 6.07) is 0. The second-order valence-electron chi connectivity index (χ2n) is 3.67. The maximum Gasteiger partial charge on any atom is 0.115 e. The van der Waals surface area contributed by atoms with Gasteiger partial charge in [0, 0.05) is 6.20 Å². The molecule has 0 aliphatic heterocycles. The predicted octanol–water partition coefficient (Wildman–Crippen LogP) is 0.987. The zero-order valence-electron chi connectivity index (χ0n) is 7.25. The van der Waals surface area contributed by atoms with Gasteiger partial charge in [0.25, 0.3) is 0 Å². The van der Waals surface area contributed by atoms with E-state index in [0.717, 1.165) is 25.0 Å². The van der Waals surface area contributed by atoms with E-state index < -0.39 is 0 Å². The normalized spacial score (nSPS) is 28.2. The zero-order chi connectivity index (χ0) is 8.60. The lowest BCUT2D eigenvalue weighted by atomic mass is 9.83. The van der Waals surface area contributed by atoms with E-state index in [1.165, 1.54) is 5.56 Å². The SMILES string of the molecule is CC1(N)CCCc2cncnc21. The molecule has 2 rings (SSSR count). The van der Waals surface area contributed by atoms with Crippen LogP contribution in [-0.2, 0) is 12.0 Å². The molecule has 0 bridgehead atoms. The summed E-state index contributed by atoms with van der Waals surface area (Å²) in [5, 5.41) is 0. The second kappa shape index (κ2) is 2.52. The zero-order valence-corrected chi connectivity index (χ0v) is 7.25. The van der Waals surface area contributed by atoms with Crippen LogP contribution in [0.3, 0.4) is 0 Å². The van der Waals surface area contributed by atoms with Crippen molar-refractivity contribution in [3.8, 4) is 0 Å². The van der Waals surface area contributed by atoms with Gasteiger partial charge in [-0.3, -0.25) is 0 Å². The molecule has 1 unspecified atom stereocenters. The minimum Gasteiger partial charge on any atom is -0.320 e. The third-order valence-electron chi connectivity index (χ3n) is 2.47. The second-order valence-corrected chi connectivity index (χ2v) is 3.67. The summed E-state index contributed by atoms with van der Waals surface area (Å²) in [4.78, 5) is 8.23. The van der Waals surface area contributed by atoms with E-state index in [9.17, 15) is 0 Å². The fourth-order valence-corrected chi connectivity index (χ4v) is 1.82. The van der Waals surface area contributed by atoms with Crippen LogP contribution in [-0.4, -0.2) is 9.97 Å². The van der Waals surface area contributed by atoms with Crippen LogP contribution in [0.4, 0.5) is 0 Å². The maximum atomic E-state index is 6.10. The number of hydrogen-bond acceptors (Lipinski definition) is 3. The topological polar surface area (TPSA) is 51.8 Å². The van der Waals surface area contributed by atoms with E-state index in [2.05, 4.69) is 9.97 Å². The third-order valence-corrected chi connectivity index (χ3v) is 2.47. The molecule has 1 aliphatic rings. The van der Waals surface area contributed by atoms with Crippen LogP contribution < -0.4 is 5.73 Å². The number of fused-ring (bicyclic) bond motifs is 1. The molecule has 1 aliphatic carbocycles. The predicted molar refractivity (Wildman–Crippen MR) is 46.5 cm³/mol. The van der Waals surface area contributed by atoms with Gasteiger partial charge in [0.1, 0.15) is 6.33 Å². The highest BCUT2D eigenvalue weighted by atomic mass is 14.9. The smallest absolute Gasteiger partial charge is 0.115 e. The summed E-state index contributed by atoms with van der Waals surface area (Å²) in [6.07, 6.45) is 6.70. The molecule has 12 heavy (non-hydrogen) atoms. The van der Waals surface area contributed by atoms with Crippen LogP contribution in [0, 0.1) is 0 Å². The molecule has 1 heterocycles. The molecule has 0 radical (unpaired) electrons. The van der Waals surface area contributed by atoms with Crippen molar-refractivity contribution in [3.63, 3.8) is 0 Å². The van der Waals surface area contributed by atoms with Gasteiger partial charge < -0.3 is 5.73 Å². The van der Waals surface area contributed by atoms with E-state index in [-0.39, 0.29) is 5.54 Å². The summed E-state index contributed by atoms with van der Waals surface area (Å²) in [6.45, 7) is 2.04. The Balaban J connectivity index is 2.52. The number of rotatable bonds is 0. The summed E-state index contributed by atoms with van der Waals surface area (Å²) >= 11 is 0. The number of nitrogens with two attached hydrogens (primary N) is 1. The molecule has 1 aromatic rings. The van der Waals surface area contributed by atoms with Crippen LogP contribution in [0.5, 0.6) is 0 Å². The molecular formula is C9H13N3. The quantitative estimate of drug-likeness (QED) is 0.620. The minimum absolute atomic E-state index is 0.240. The van der Waals surface area contributed by atoms with Crippen molar-refractivity contribution in [1.82, 2.24) is 9.97 Å². The molecular weight excluding hydrogens is 150 g/mol. The van der Waals surface area contributed by atoms with E-state index in [1.807, 2.05) is 13.1 Å². The van der Waals surface area contributed by atoms with Crippen LogP contribution in [0.15, 0.2) is 12.5 Å². The van der Waals surface area contributed by atoms with Gasteiger partial charge >= 0.3 is 0 Å². The first-order chi connectivity index (χ1) is 5.70. The Morgan fingerprint density at radius 1 is 1.58 bits per heavy atom. The van der Waals surface area contributed by atoms with Gasteiger partial charge in [-0.05, 0) is 31.7 Å². The van der Waals surface area contributed by atoms with Gasteiger partial charge in [-0.25, -0.2) is 9.97 Å². The van der Waals surface area contributed by atoms with E-state index in [0.29, 0.717) is 0 Å². The van der Waals surface area contributed by atoms with Crippen molar-refractivity contribution < 1.29 is 0 Å². The monoisotopic (exact) mass is 163 g/mol. The highest BCUT2D eigenvalue weighted by Gasteiger charge is 2.28. The lowest BCUT2D eigenvalue weighted by Gasteiger charge is -2.30. The van der Waals surface area contributed by atoms with Crippen molar-refractivity contribution in [2.75, 3.05) is 0 Å². The van der Waals surface area contributed by atoms with Crippen molar-refractivity contribution in [2.24, 2.45) is 5.73 Å². The first kappa shape index (κ1) is 7.68. The Morgan fingerprint density at radius 2 is 2.42 bits per heavy atom. The van der Waals surface area contributed by atoms with Crippen LogP contribution in [0.1, 0.15) is 31.0 Å². The Morgan fingerprint density at radius 3 is 3.17 bits per heavy atom. The fourth-order valence-electron chi connectivity index (χ4n) is 1.82. The molecule has 0 saturated heterocycles. The number of aryl methyl sites for hydroxylation is 1. The van der Waals surface area contributed by atoms with Gasteiger partial charge in [-0.15, -0.1) is 0 Å². The minimum atomic E-state index is -0.240. The highest BCUT2D eigenvalue weighted by molar-refractivity contribution is 5.26. The van der Waals surface area contributed by atoms with Crippen LogP contribution >= 0.6 is 0 Å². The first-order valence-corrected chi connectivity index (χ1v) is 4.28. The Hall–Kier alpha value is -0.960. The highest BCUT2D eigenvalue weighted by Crippen LogP contribution is 2.30. The molecule has 0 spiro atoms. The van der Waals surface area contributed by atoms with Gasteiger partial charge in [-0.1, -0.05) is 0 Å². The summed E-state index contributed by atoms with van der Waals surface area (Å²) in [7, 11) is 0. The molecule has 1 aromatic heterocycles. The van der Waals surface area contributed by atoms with Gasteiger partial charge in [-0.2, -0.15) is 0 Å². The Kier molecular flexibility index (Phi) is 1.61. The third kappa shape index (κ3) is 1.10. The molecule has 3 heteroatoms. The average molecular weight is 163 g/mol. The Labute approximate surface area is 72.0 Å². The average Bonchev–Trinajstić information content (AvgIpc) is 2.04. The lowest BCUT2D eigenvalue weighted by molar-refractivity contribution is 0.394. The summed E-state index contributed by atoms with van der Waals surface area (Å²) < 4.78 is 0. The first-order valence-electron chi connectivity index (χ1n) is 4.28. The van der Waals surface area contributed by atoms with E-state index in [1.54, 1.807) is 6.33 Å². The summed E-state index contributed by atoms with van der Waals surface area (Å²) in [5.74, 6) is 0. The van der Waals surface area contributed by atoms with Crippen LogP contribution in [0.2, 0.25) is 0 Å². The Bertz CT molecular complexity index is 294. The standard InChI is InChI=1S/C9H13N3/c1-9(10)4-2-3-7-5-11-6-12-8(7)9/h5-6H,2-4,10H2,1H3. The number of nitrogens with zero attached hydrogens (tertiary/aromatic N) is 2. The van der Waals surface area contributed by atoms with E-state index in [4.69, 9.17) is 5.73 Å². The van der Waals surface area contributed by atoms with Gasteiger partial charge in [0.15, 0.2) is 0 Å². The molecule has 3 nitrogen and oxygen atoms in total. The molecule has 0 fully saturated rings. The van der Waals surface area contributed by atoms with Crippen molar-refractivity contribution in [2.45, 2.75) is 31.7 Å².